The SMILES string of the molecule is Cc1ccc(S(=O)(=O)NCc2ccc(OC(C)C)cc2)c(Br)c1. The zero-order valence-electron chi connectivity index (χ0n) is 13.3. The van der Waals surface area contributed by atoms with E-state index in [9.17, 15) is 8.42 Å². The number of ether oxygens (including phenoxy) is 1. The Morgan fingerprint density at radius 2 is 1.78 bits per heavy atom. The van der Waals surface area contributed by atoms with Gasteiger partial charge < -0.3 is 4.74 Å². The van der Waals surface area contributed by atoms with E-state index in [1.807, 2.05) is 45.0 Å². The molecule has 0 aromatic heterocycles. The minimum Gasteiger partial charge on any atom is -0.491 e. The molecule has 0 heterocycles. The molecule has 2 aromatic rings. The van der Waals surface area contributed by atoms with Crippen molar-refractivity contribution >= 4 is 26.0 Å². The van der Waals surface area contributed by atoms with E-state index in [1.165, 1.54) is 0 Å². The van der Waals surface area contributed by atoms with Crippen LogP contribution in [0.25, 0.3) is 0 Å². The van der Waals surface area contributed by atoms with Crippen molar-refractivity contribution in [2.45, 2.75) is 38.3 Å². The van der Waals surface area contributed by atoms with Gasteiger partial charge in [-0.25, -0.2) is 13.1 Å². The number of aryl methyl sites for hydroxylation is 1. The van der Waals surface area contributed by atoms with Crippen LogP contribution in [0.4, 0.5) is 0 Å². The maximum absolute atomic E-state index is 12.4. The molecule has 0 aliphatic carbocycles. The molecule has 2 aromatic carbocycles. The zero-order valence-corrected chi connectivity index (χ0v) is 15.7. The van der Waals surface area contributed by atoms with Gasteiger partial charge in [-0.2, -0.15) is 0 Å². The molecule has 1 N–H and O–H groups in total. The van der Waals surface area contributed by atoms with E-state index >= 15 is 0 Å². The van der Waals surface area contributed by atoms with Crippen molar-refractivity contribution in [3.63, 3.8) is 0 Å². The number of sulfonamides is 1. The lowest BCUT2D eigenvalue weighted by Gasteiger charge is -2.11. The molecule has 0 aliphatic rings. The van der Waals surface area contributed by atoms with E-state index in [0.29, 0.717) is 4.47 Å². The topological polar surface area (TPSA) is 55.4 Å². The van der Waals surface area contributed by atoms with Gasteiger partial charge in [0.05, 0.1) is 11.0 Å². The van der Waals surface area contributed by atoms with Crippen LogP contribution in [-0.2, 0) is 16.6 Å². The van der Waals surface area contributed by atoms with Crippen LogP contribution in [0, 0.1) is 6.92 Å². The summed E-state index contributed by atoms with van der Waals surface area (Å²) in [5.74, 6) is 0.771. The average Bonchev–Trinajstić information content (AvgIpc) is 2.45. The molecule has 0 unspecified atom stereocenters. The summed E-state index contributed by atoms with van der Waals surface area (Å²) in [6.45, 7) is 6.06. The average molecular weight is 398 g/mol. The summed E-state index contributed by atoms with van der Waals surface area (Å²) in [6.07, 6.45) is 0.109. The van der Waals surface area contributed by atoms with E-state index in [0.717, 1.165) is 16.9 Å². The number of hydrogen-bond acceptors (Lipinski definition) is 3. The van der Waals surface area contributed by atoms with E-state index < -0.39 is 10.0 Å². The van der Waals surface area contributed by atoms with Gasteiger partial charge in [0.2, 0.25) is 10.0 Å². The Hall–Kier alpha value is -1.37. The summed E-state index contributed by atoms with van der Waals surface area (Å²) in [5, 5.41) is 0. The van der Waals surface area contributed by atoms with Crippen molar-refractivity contribution in [2.75, 3.05) is 0 Å². The molecule has 0 saturated carbocycles. The first-order chi connectivity index (χ1) is 10.8. The van der Waals surface area contributed by atoms with E-state index in [4.69, 9.17) is 4.74 Å². The van der Waals surface area contributed by atoms with Gasteiger partial charge >= 0.3 is 0 Å². The number of hydrogen-bond donors (Lipinski definition) is 1. The predicted octanol–water partition coefficient (Wildman–Crippen LogP) is 4.02. The zero-order chi connectivity index (χ0) is 17.0. The Labute approximate surface area is 146 Å². The summed E-state index contributed by atoms with van der Waals surface area (Å²) in [7, 11) is -3.56. The molecule has 2 rings (SSSR count). The van der Waals surface area contributed by atoms with Gasteiger partial charge in [0.15, 0.2) is 0 Å². The van der Waals surface area contributed by atoms with Crippen molar-refractivity contribution in [1.82, 2.24) is 4.72 Å². The number of rotatable bonds is 6. The molecule has 0 bridgehead atoms. The summed E-state index contributed by atoms with van der Waals surface area (Å²) in [6, 6.07) is 12.5. The second-order valence-electron chi connectivity index (χ2n) is 5.57. The van der Waals surface area contributed by atoms with Gasteiger partial charge in [0.1, 0.15) is 5.75 Å². The van der Waals surface area contributed by atoms with Gasteiger partial charge in [-0.3, -0.25) is 0 Å². The van der Waals surface area contributed by atoms with Gasteiger partial charge in [-0.05, 0) is 72.1 Å². The van der Waals surface area contributed by atoms with Crippen LogP contribution < -0.4 is 9.46 Å². The van der Waals surface area contributed by atoms with Crippen molar-refractivity contribution < 1.29 is 13.2 Å². The Balaban J connectivity index is 2.07. The quantitative estimate of drug-likeness (QED) is 0.800. The molecule has 0 saturated heterocycles. The maximum atomic E-state index is 12.4. The second-order valence-corrected chi connectivity index (χ2v) is 8.16. The highest BCUT2D eigenvalue weighted by atomic mass is 79.9. The molecule has 0 fully saturated rings. The summed E-state index contributed by atoms with van der Waals surface area (Å²) in [5.41, 5.74) is 1.87. The fraction of sp³-hybridized carbons (Fsp3) is 0.294. The van der Waals surface area contributed by atoms with Crippen LogP contribution in [0.1, 0.15) is 25.0 Å². The van der Waals surface area contributed by atoms with Gasteiger partial charge in [-0.15, -0.1) is 0 Å². The Bertz CT molecular complexity index is 771. The van der Waals surface area contributed by atoms with Crippen molar-refractivity contribution in [3.05, 3.63) is 58.1 Å². The molecular formula is C17H20BrNO3S. The lowest BCUT2D eigenvalue weighted by atomic mass is 10.2. The van der Waals surface area contributed by atoms with E-state index in [2.05, 4.69) is 20.7 Å². The molecule has 4 nitrogen and oxygen atoms in total. The highest BCUT2D eigenvalue weighted by Gasteiger charge is 2.17. The molecule has 23 heavy (non-hydrogen) atoms. The lowest BCUT2D eigenvalue weighted by Crippen LogP contribution is -2.23. The number of benzene rings is 2. The minimum absolute atomic E-state index is 0.109. The smallest absolute Gasteiger partial charge is 0.241 e. The lowest BCUT2D eigenvalue weighted by molar-refractivity contribution is 0.242. The summed E-state index contributed by atoms with van der Waals surface area (Å²) in [4.78, 5) is 0.239. The van der Waals surface area contributed by atoms with Crippen LogP contribution in [-0.4, -0.2) is 14.5 Å². The predicted molar refractivity (Wildman–Crippen MR) is 95.1 cm³/mol. The molecule has 0 aliphatic heterocycles. The molecule has 0 radical (unpaired) electrons. The molecule has 6 heteroatoms. The van der Waals surface area contributed by atoms with Gasteiger partial charge in [0.25, 0.3) is 0 Å². The van der Waals surface area contributed by atoms with Crippen LogP contribution >= 0.6 is 15.9 Å². The Kier molecular flexibility index (Phi) is 5.84. The third-order valence-electron chi connectivity index (χ3n) is 3.14. The van der Waals surface area contributed by atoms with Crippen LogP contribution in [0.15, 0.2) is 51.8 Å². The van der Waals surface area contributed by atoms with Crippen LogP contribution in [0.2, 0.25) is 0 Å². The Morgan fingerprint density at radius 3 is 2.35 bits per heavy atom. The standard InChI is InChI=1S/C17H20BrNO3S/c1-12(2)22-15-7-5-14(6-8-15)11-19-23(20,21)17-9-4-13(3)10-16(17)18/h4-10,12,19H,11H2,1-3H3. The fourth-order valence-electron chi connectivity index (χ4n) is 2.04. The summed E-state index contributed by atoms with van der Waals surface area (Å²) >= 11 is 3.31. The van der Waals surface area contributed by atoms with Crippen LogP contribution in [0.3, 0.4) is 0 Å². The first-order valence-corrected chi connectivity index (χ1v) is 9.57. The molecule has 0 spiro atoms. The summed E-state index contributed by atoms with van der Waals surface area (Å²) < 4.78 is 33.5. The highest BCUT2D eigenvalue weighted by Crippen LogP contribution is 2.23. The fourth-order valence-corrected chi connectivity index (χ4v) is 4.25. The first kappa shape index (κ1) is 18.0. The van der Waals surface area contributed by atoms with Gasteiger partial charge in [-0.1, -0.05) is 18.2 Å². The van der Waals surface area contributed by atoms with Crippen LogP contribution in [0.5, 0.6) is 5.75 Å². The van der Waals surface area contributed by atoms with E-state index in [1.54, 1.807) is 18.2 Å². The van der Waals surface area contributed by atoms with Crippen molar-refractivity contribution in [2.24, 2.45) is 0 Å². The molecular weight excluding hydrogens is 378 g/mol. The van der Waals surface area contributed by atoms with Crippen molar-refractivity contribution in [3.8, 4) is 5.75 Å². The number of nitrogens with one attached hydrogen (secondary N) is 1. The van der Waals surface area contributed by atoms with E-state index in [-0.39, 0.29) is 17.5 Å². The van der Waals surface area contributed by atoms with Gasteiger partial charge in [0, 0.05) is 11.0 Å². The highest BCUT2D eigenvalue weighted by molar-refractivity contribution is 9.10. The molecule has 0 atom stereocenters. The number of halogens is 1. The normalized spacial score (nSPS) is 11.7. The Morgan fingerprint density at radius 1 is 1.13 bits per heavy atom. The monoisotopic (exact) mass is 397 g/mol. The first-order valence-electron chi connectivity index (χ1n) is 7.29. The van der Waals surface area contributed by atoms with Crippen molar-refractivity contribution in [1.29, 1.82) is 0 Å². The molecule has 0 amide bonds. The second kappa shape index (κ2) is 7.47. The maximum Gasteiger partial charge on any atom is 0.241 e. The third kappa shape index (κ3) is 5.06. The third-order valence-corrected chi connectivity index (χ3v) is 5.52. The largest absolute Gasteiger partial charge is 0.491 e. The minimum atomic E-state index is -3.56. The molecule has 124 valence electrons.